The van der Waals surface area contributed by atoms with Crippen molar-refractivity contribution < 1.29 is 0 Å². The Morgan fingerprint density at radius 1 is 1.24 bits per heavy atom. The first-order valence-electron chi connectivity index (χ1n) is 6.80. The summed E-state index contributed by atoms with van der Waals surface area (Å²) in [6.45, 7) is 5.63. The molecule has 1 aromatic rings. The smallest absolute Gasteiger partial charge is 0.0239 e. The van der Waals surface area contributed by atoms with E-state index in [9.17, 15) is 0 Å². The molecular formula is C15H24N2. The Bertz CT molecular complexity index is 345. The maximum absolute atomic E-state index is 3.23. The number of hydrogen-bond acceptors (Lipinski definition) is 2. The van der Waals surface area contributed by atoms with Crippen molar-refractivity contribution in [1.29, 1.82) is 0 Å². The molecule has 0 atom stereocenters. The molecule has 0 unspecified atom stereocenters. The minimum atomic E-state index is 0.859. The summed E-state index contributed by atoms with van der Waals surface area (Å²) in [5.41, 5.74) is 3.01. The molecule has 2 rings (SSSR count). The van der Waals surface area contributed by atoms with Crippen LogP contribution >= 0.6 is 0 Å². The third kappa shape index (κ3) is 3.55. The molecule has 1 saturated carbocycles. The van der Waals surface area contributed by atoms with Gasteiger partial charge in [0.05, 0.1) is 0 Å². The lowest BCUT2D eigenvalue weighted by Crippen LogP contribution is -2.25. The summed E-state index contributed by atoms with van der Waals surface area (Å²) in [7, 11) is 2.02. The lowest BCUT2D eigenvalue weighted by atomic mass is 10.0. The first-order chi connectivity index (χ1) is 8.35. The molecule has 1 aliphatic rings. The van der Waals surface area contributed by atoms with Gasteiger partial charge in [-0.25, -0.2) is 0 Å². The summed E-state index contributed by atoms with van der Waals surface area (Å²) in [6, 6.07) is 9.74. The van der Waals surface area contributed by atoms with Crippen molar-refractivity contribution in [3.8, 4) is 0 Å². The topological polar surface area (TPSA) is 15.3 Å². The van der Waals surface area contributed by atoms with Crippen molar-refractivity contribution in [3.05, 3.63) is 35.4 Å². The molecule has 0 bridgehead atoms. The second kappa shape index (κ2) is 6.18. The highest BCUT2D eigenvalue weighted by atomic mass is 15.2. The average Bonchev–Trinajstić information content (AvgIpc) is 3.19. The van der Waals surface area contributed by atoms with Gasteiger partial charge in [-0.1, -0.05) is 31.2 Å². The van der Waals surface area contributed by atoms with E-state index in [4.69, 9.17) is 0 Å². The van der Waals surface area contributed by atoms with E-state index in [0.29, 0.717) is 0 Å². The molecule has 0 radical (unpaired) electrons. The quantitative estimate of drug-likeness (QED) is 0.777. The van der Waals surface area contributed by atoms with Gasteiger partial charge in [-0.05, 0) is 50.5 Å². The number of likely N-dealkylation sites (N-methyl/N-ethyl adjacent to an activating group) is 1. The van der Waals surface area contributed by atoms with Crippen LogP contribution in [0, 0.1) is 0 Å². The molecule has 0 saturated heterocycles. The fourth-order valence-corrected chi connectivity index (χ4v) is 2.37. The van der Waals surface area contributed by atoms with E-state index >= 15 is 0 Å². The van der Waals surface area contributed by atoms with Crippen molar-refractivity contribution in [2.75, 3.05) is 20.1 Å². The average molecular weight is 232 g/mol. The first-order valence-corrected chi connectivity index (χ1v) is 6.80. The second-order valence-electron chi connectivity index (χ2n) is 4.92. The summed E-state index contributed by atoms with van der Waals surface area (Å²) in [4.78, 5) is 2.61. The zero-order chi connectivity index (χ0) is 12.1. The number of benzene rings is 1. The number of nitrogens with one attached hydrogen (secondary N) is 1. The van der Waals surface area contributed by atoms with Crippen LogP contribution in [0.5, 0.6) is 0 Å². The Morgan fingerprint density at radius 3 is 2.53 bits per heavy atom. The van der Waals surface area contributed by atoms with Gasteiger partial charge in [0.25, 0.3) is 0 Å². The van der Waals surface area contributed by atoms with Crippen LogP contribution in [-0.4, -0.2) is 31.1 Å². The SMILES string of the molecule is CCN(Cc1ccccc1CCNC)C1CC1. The molecule has 0 heterocycles. The van der Waals surface area contributed by atoms with E-state index in [0.717, 1.165) is 25.6 Å². The molecule has 1 aliphatic carbocycles. The van der Waals surface area contributed by atoms with Gasteiger partial charge in [0, 0.05) is 12.6 Å². The number of hydrogen-bond donors (Lipinski definition) is 1. The molecule has 94 valence electrons. The highest BCUT2D eigenvalue weighted by molar-refractivity contribution is 5.27. The molecule has 2 nitrogen and oxygen atoms in total. The van der Waals surface area contributed by atoms with Crippen molar-refractivity contribution in [3.63, 3.8) is 0 Å². The summed E-state index contributed by atoms with van der Waals surface area (Å²) >= 11 is 0. The predicted molar refractivity (Wildman–Crippen MR) is 73.2 cm³/mol. The van der Waals surface area contributed by atoms with Crippen LogP contribution in [0.1, 0.15) is 30.9 Å². The minimum Gasteiger partial charge on any atom is -0.319 e. The fraction of sp³-hybridized carbons (Fsp3) is 0.600. The molecule has 1 N–H and O–H groups in total. The zero-order valence-corrected chi connectivity index (χ0v) is 11.1. The third-order valence-electron chi connectivity index (χ3n) is 3.61. The van der Waals surface area contributed by atoms with Gasteiger partial charge in [-0.3, -0.25) is 4.90 Å². The van der Waals surface area contributed by atoms with Gasteiger partial charge >= 0.3 is 0 Å². The number of nitrogens with zero attached hydrogens (tertiary/aromatic N) is 1. The molecule has 0 aromatic heterocycles. The van der Waals surface area contributed by atoms with Crippen LogP contribution in [0.2, 0.25) is 0 Å². The Labute approximate surface area is 105 Å². The van der Waals surface area contributed by atoms with Gasteiger partial charge < -0.3 is 5.32 Å². The molecule has 2 heteroatoms. The Hall–Kier alpha value is -0.860. The molecular weight excluding hydrogens is 208 g/mol. The molecule has 0 aliphatic heterocycles. The van der Waals surface area contributed by atoms with Crippen LogP contribution in [-0.2, 0) is 13.0 Å². The Morgan fingerprint density at radius 2 is 1.94 bits per heavy atom. The van der Waals surface area contributed by atoms with Crippen LogP contribution in [0.15, 0.2) is 24.3 Å². The van der Waals surface area contributed by atoms with Crippen molar-refractivity contribution in [2.24, 2.45) is 0 Å². The number of rotatable bonds is 7. The van der Waals surface area contributed by atoms with Gasteiger partial charge in [0.15, 0.2) is 0 Å². The van der Waals surface area contributed by atoms with E-state index in [2.05, 4.69) is 41.4 Å². The highest BCUT2D eigenvalue weighted by Crippen LogP contribution is 2.28. The summed E-state index contributed by atoms with van der Waals surface area (Å²) in [5.74, 6) is 0. The second-order valence-corrected chi connectivity index (χ2v) is 4.92. The maximum Gasteiger partial charge on any atom is 0.0239 e. The van der Waals surface area contributed by atoms with E-state index in [1.807, 2.05) is 7.05 Å². The van der Waals surface area contributed by atoms with Gasteiger partial charge in [0.1, 0.15) is 0 Å². The fourth-order valence-electron chi connectivity index (χ4n) is 2.37. The van der Waals surface area contributed by atoms with E-state index in [-0.39, 0.29) is 0 Å². The van der Waals surface area contributed by atoms with Gasteiger partial charge in [0.2, 0.25) is 0 Å². The molecule has 0 amide bonds. The van der Waals surface area contributed by atoms with E-state index < -0.39 is 0 Å². The van der Waals surface area contributed by atoms with Crippen LogP contribution in [0.4, 0.5) is 0 Å². The monoisotopic (exact) mass is 232 g/mol. The van der Waals surface area contributed by atoms with Crippen molar-refractivity contribution in [1.82, 2.24) is 10.2 Å². The van der Waals surface area contributed by atoms with E-state index in [1.54, 1.807) is 0 Å². The Kier molecular flexibility index (Phi) is 4.57. The Balaban J connectivity index is 2.02. The van der Waals surface area contributed by atoms with Crippen LogP contribution in [0.25, 0.3) is 0 Å². The van der Waals surface area contributed by atoms with Crippen molar-refractivity contribution >= 4 is 0 Å². The highest BCUT2D eigenvalue weighted by Gasteiger charge is 2.27. The molecule has 1 fully saturated rings. The summed E-state index contributed by atoms with van der Waals surface area (Å²) in [5, 5.41) is 3.23. The van der Waals surface area contributed by atoms with Crippen LogP contribution < -0.4 is 5.32 Å². The zero-order valence-electron chi connectivity index (χ0n) is 11.1. The van der Waals surface area contributed by atoms with E-state index in [1.165, 1.54) is 30.5 Å². The lowest BCUT2D eigenvalue weighted by molar-refractivity contribution is 0.268. The summed E-state index contributed by atoms with van der Waals surface area (Å²) in [6.07, 6.45) is 3.92. The van der Waals surface area contributed by atoms with Gasteiger partial charge in [-0.2, -0.15) is 0 Å². The summed E-state index contributed by atoms with van der Waals surface area (Å²) < 4.78 is 0. The molecule has 17 heavy (non-hydrogen) atoms. The van der Waals surface area contributed by atoms with Gasteiger partial charge in [-0.15, -0.1) is 0 Å². The maximum atomic E-state index is 3.23. The van der Waals surface area contributed by atoms with Crippen molar-refractivity contribution in [2.45, 2.75) is 38.8 Å². The van der Waals surface area contributed by atoms with Crippen LogP contribution in [0.3, 0.4) is 0 Å². The lowest BCUT2D eigenvalue weighted by Gasteiger charge is -2.21. The normalized spacial score (nSPS) is 15.5. The third-order valence-corrected chi connectivity index (χ3v) is 3.61. The first kappa shape index (κ1) is 12.6. The molecule has 0 spiro atoms. The largest absolute Gasteiger partial charge is 0.319 e. The predicted octanol–water partition coefficient (Wildman–Crippen LogP) is 2.43. The minimum absolute atomic E-state index is 0.859. The standard InChI is InChI=1S/C15H24N2/c1-3-17(15-8-9-15)12-14-7-5-4-6-13(14)10-11-16-2/h4-7,15-16H,3,8-12H2,1-2H3. The molecule has 1 aromatic carbocycles.